The summed E-state index contributed by atoms with van der Waals surface area (Å²) in [7, 11) is 1.59. The Balaban J connectivity index is 1.74. The van der Waals surface area contributed by atoms with Gasteiger partial charge in [-0.15, -0.1) is 0 Å². The quantitative estimate of drug-likeness (QED) is 0.914. The van der Waals surface area contributed by atoms with E-state index in [0.717, 1.165) is 5.82 Å². The van der Waals surface area contributed by atoms with E-state index in [1.165, 1.54) is 0 Å². The summed E-state index contributed by atoms with van der Waals surface area (Å²) in [6.45, 7) is 5.35. The Hall–Kier alpha value is -2.19. The second-order valence-corrected chi connectivity index (χ2v) is 5.51. The summed E-state index contributed by atoms with van der Waals surface area (Å²) in [6, 6.07) is 1.74. The van der Waals surface area contributed by atoms with Crippen LogP contribution < -0.4 is 0 Å². The summed E-state index contributed by atoms with van der Waals surface area (Å²) in [5.41, 5.74) is 0.559. The van der Waals surface area contributed by atoms with Crippen LogP contribution in [0.2, 0.25) is 0 Å². The van der Waals surface area contributed by atoms with Crippen molar-refractivity contribution in [1.82, 2.24) is 20.1 Å². The van der Waals surface area contributed by atoms with Gasteiger partial charge in [-0.1, -0.05) is 0 Å². The number of H-pyrrole nitrogens is 1. The molecule has 1 aliphatic heterocycles. The van der Waals surface area contributed by atoms with E-state index in [-0.39, 0.29) is 12.0 Å². The number of rotatable bonds is 4. The number of hydrogen-bond acceptors (Lipinski definition) is 6. The van der Waals surface area contributed by atoms with Crippen molar-refractivity contribution in [2.75, 3.05) is 26.8 Å². The highest BCUT2D eigenvalue weighted by atomic mass is 16.5. The van der Waals surface area contributed by atoms with E-state index in [1.807, 2.05) is 6.92 Å². The van der Waals surface area contributed by atoms with Gasteiger partial charge in [-0.25, -0.2) is 4.98 Å². The summed E-state index contributed by atoms with van der Waals surface area (Å²) in [4.78, 5) is 18.8. The lowest BCUT2D eigenvalue weighted by molar-refractivity contribution is -0.0267. The Bertz CT molecular complexity index is 693. The molecule has 0 unspecified atom stereocenters. The second kappa shape index (κ2) is 6.51. The zero-order valence-electron chi connectivity index (χ0n) is 13.5. The topological polar surface area (TPSA) is 93.5 Å². The molecule has 1 fully saturated rings. The van der Waals surface area contributed by atoms with E-state index in [4.69, 9.17) is 13.9 Å². The summed E-state index contributed by atoms with van der Waals surface area (Å²) in [5, 5.41) is 6.91. The average Bonchev–Trinajstić information content (AvgIpc) is 3.13. The van der Waals surface area contributed by atoms with E-state index < -0.39 is 0 Å². The van der Waals surface area contributed by atoms with Crippen LogP contribution in [0.4, 0.5) is 0 Å². The van der Waals surface area contributed by atoms with Gasteiger partial charge in [-0.2, -0.15) is 5.10 Å². The molecule has 2 aromatic heterocycles. The first-order valence-corrected chi connectivity index (χ1v) is 7.46. The fourth-order valence-electron chi connectivity index (χ4n) is 2.63. The number of amides is 1. The molecular weight excluding hydrogens is 300 g/mol. The molecule has 0 aliphatic carbocycles. The van der Waals surface area contributed by atoms with Crippen molar-refractivity contribution in [3.8, 4) is 0 Å². The zero-order valence-corrected chi connectivity index (χ0v) is 13.5. The Morgan fingerprint density at radius 2 is 2.35 bits per heavy atom. The van der Waals surface area contributed by atoms with Gasteiger partial charge >= 0.3 is 0 Å². The molecule has 1 N–H and O–H groups in total. The van der Waals surface area contributed by atoms with Gasteiger partial charge in [-0.05, 0) is 19.9 Å². The van der Waals surface area contributed by atoms with Crippen LogP contribution >= 0.6 is 0 Å². The SMILES string of the molecule is COCc1cc(C(=O)N2CCO[C@H](c3n[nH]c(C)n3)C2)c(C)o1. The number of aromatic nitrogens is 3. The number of aryl methyl sites for hydroxylation is 2. The maximum absolute atomic E-state index is 12.7. The van der Waals surface area contributed by atoms with E-state index in [0.29, 0.717) is 49.2 Å². The molecule has 1 atom stereocenters. The molecule has 8 heteroatoms. The number of methoxy groups -OCH3 is 1. The van der Waals surface area contributed by atoms with E-state index in [2.05, 4.69) is 15.2 Å². The van der Waals surface area contributed by atoms with Crippen molar-refractivity contribution in [2.24, 2.45) is 0 Å². The molecule has 1 aliphatic rings. The highest BCUT2D eigenvalue weighted by Crippen LogP contribution is 2.23. The Morgan fingerprint density at radius 3 is 3.04 bits per heavy atom. The van der Waals surface area contributed by atoms with Gasteiger partial charge in [0.2, 0.25) is 0 Å². The number of carbonyl (C=O) groups is 1. The first-order chi connectivity index (χ1) is 11.1. The Labute approximate surface area is 133 Å². The van der Waals surface area contributed by atoms with Crippen LogP contribution in [-0.2, 0) is 16.1 Å². The first-order valence-electron chi connectivity index (χ1n) is 7.46. The lowest BCUT2D eigenvalue weighted by Gasteiger charge is -2.31. The molecule has 124 valence electrons. The van der Waals surface area contributed by atoms with Crippen molar-refractivity contribution < 1.29 is 18.7 Å². The molecule has 0 bridgehead atoms. The van der Waals surface area contributed by atoms with Gasteiger partial charge in [0.1, 0.15) is 30.1 Å². The van der Waals surface area contributed by atoms with E-state index in [1.54, 1.807) is 25.0 Å². The van der Waals surface area contributed by atoms with Gasteiger partial charge in [-0.3, -0.25) is 9.89 Å². The van der Waals surface area contributed by atoms with Crippen molar-refractivity contribution in [3.05, 3.63) is 34.8 Å². The fourth-order valence-corrected chi connectivity index (χ4v) is 2.63. The molecule has 0 radical (unpaired) electrons. The van der Waals surface area contributed by atoms with Crippen molar-refractivity contribution >= 4 is 5.91 Å². The summed E-state index contributed by atoms with van der Waals surface area (Å²) >= 11 is 0. The van der Waals surface area contributed by atoms with Crippen LogP contribution in [0.5, 0.6) is 0 Å². The van der Waals surface area contributed by atoms with Gasteiger partial charge in [0.25, 0.3) is 5.91 Å². The summed E-state index contributed by atoms with van der Waals surface area (Å²) in [5.74, 6) is 2.46. The zero-order chi connectivity index (χ0) is 16.4. The molecule has 3 rings (SSSR count). The third kappa shape index (κ3) is 3.27. The van der Waals surface area contributed by atoms with Gasteiger partial charge < -0.3 is 18.8 Å². The van der Waals surface area contributed by atoms with Gasteiger partial charge in [0.05, 0.1) is 18.7 Å². The van der Waals surface area contributed by atoms with Crippen LogP contribution in [0.15, 0.2) is 10.5 Å². The lowest BCUT2D eigenvalue weighted by atomic mass is 10.2. The molecule has 8 nitrogen and oxygen atoms in total. The number of ether oxygens (including phenoxy) is 2. The minimum atomic E-state index is -0.316. The van der Waals surface area contributed by atoms with Gasteiger partial charge in [0.15, 0.2) is 5.82 Å². The Morgan fingerprint density at radius 1 is 1.52 bits per heavy atom. The largest absolute Gasteiger partial charge is 0.463 e. The first kappa shape index (κ1) is 15.7. The van der Waals surface area contributed by atoms with Crippen LogP contribution in [0.1, 0.15) is 39.6 Å². The Kier molecular flexibility index (Phi) is 4.44. The van der Waals surface area contributed by atoms with Crippen molar-refractivity contribution in [2.45, 2.75) is 26.6 Å². The van der Waals surface area contributed by atoms with Crippen LogP contribution in [0.25, 0.3) is 0 Å². The normalized spacial score (nSPS) is 18.4. The lowest BCUT2D eigenvalue weighted by Crippen LogP contribution is -2.42. The smallest absolute Gasteiger partial charge is 0.257 e. The third-order valence-electron chi connectivity index (χ3n) is 3.74. The molecule has 3 heterocycles. The number of furan rings is 1. The van der Waals surface area contributed by atoms with Crippen LogP contribution in [-0.4, -0.2) is 52.8 Å². The standard InChI is InChI=1S/C15H20N4O4/c1-9-12(6-11(23-9)8-21-3)15(20)19-4-5-22-13(7-19)14-16-10(2)17-18-14/h6,13H,4-5,7-8H2,1-3H3,(H,16,17,18)/t13-/m0/s1. The molecule has 23 heavy (non-hydrogen) atoms. The van der Waals surface area contributed by atoms with Crippen molar-refractivity contribution in [1.29, 1.82) is 0 Å². The monoisotopic (exact) mass is 320 g/mol. The molecular formula is C15H20N4O4. The number of hydrogen-bond donors (Lipinski definition) is 1. The maximum atomic E-state index is 12.7. The molecule has 0 spiro atoms. The van der Waals surface area contributed by atoms with Crippen LogP contribution in [0.3, 0.4) is 0 Å². The molecule has 0 aromatic carbocycles. The van der Waals surface area contributed by atoms with Crippen LogP contribution in [0, 0.1) is 13.8 Å². The summed E-state index contributed by atoms with van der Waals surface area (Å²) < 4.78 is 16.3. The molecule has 1 saturated heterocycles. The highest BCUT2D eigenvalue weighted by Gasteiger charge is 2.30. The van der Waals surface area contributed by atoms with E-state index >= 15 is 0 Å². The third-order valence-corrected chi connectivity index (χ3v) is 3.74. The molecule has 1 amide bonds. The number of nitrogens with one attached hydrogen (secondary N) is 1. The number of aromatic amines is 1. The second-order valence-electron chi connectivity index (χ2n) is 5.51. The fraction of sp³-hybridized carbons (Fsp3) is 0.533. The minimum Gasteiger partial charge on any atom is -0.463 e. The number of carbonyl (C=O) groups excluding carboxylic acids is 1. The number of nitrogens with zero attached hydrogens (tertiary/aromatic N) is 3. The van der Waals surface area contributed by atoms with Gasteiger partial charge in [0, 0.05) is 13.7 Å². The predicted molar refractivity (Wildman–Crippen MR) is 79.9 cm³/mol. The maximum Gasteiger partial charge on any atom is 0.257 e. The van der Waals surface area contributed by atoms with E-state index in [9.17, 15) is 4.79 Å². The average molecular weight is 320 g/mol. The van der Waals surface area contributed by atoms with Crippen molar-refractivity contribution in [3.63, 3.8) is 0 Å². The number of morpholine rings is 1. The summed E-state index contributed by atoms with van der Waals surface area (Å²) in [6.07, 6.45) is -0.316. The molecule has 0 saturated carbocycles. The predicted octanol–water partition coefficient (Wildman–Crippen LogP) is 1.37. The molecule has 2 aromatic rings. The minimum absolute atomic E-state index is 0.0749. The highest BCUT2D eigenvalue weighted by molar-refractivity contribution is 5.95.